The monoisotopic (exact) mass is 475 g/mol. The maximum absolute atomic E-state index is 14.6. The maximum Gasteiger partial charge on any atom is 0.236 e. The maximum atomic E-state index is 14.6. The van der Waals surface area contributed by atoms with Gasteiger partial charge >= 0.3 is 0 Å². The Balaban J connectivity index is 1.25. The third kappa shape index (κ3) is 5.36. The number of ether oxygens (including phenoxy) is 1. The number of hydrogen-bond donors (Lipinski definition) is 1. The Morgan fingerprint density at radius 3 is 2.63 bits per heavy atom. The third-order valence-corrected chi connectivity index (χ3v) is 7.04. The first-order valence-corrected chi connectivity index (χ1v) is 12.2. The fourth-order valence-corrected chi connectivity index (χ4v) is 5.08. The van der Waals surface area contributed by atoms with Crippen molar-refractivity contribution in [2.24, 2.45) is 5.92 Å². The number of nitrogens with zero attached hydrogens (tertiary/aromatic N) is 3. The first-order chi connectivity index (χ1) is 17.1. The van der Waals surface area contributed by atoms with Crippen molar-refractivity contribution in [2.75, 3.05) is 26.2 Å². The van der Waals surface area contributed by atoms with Gasteiger partial charge in [-0.3, -0.25) is 14.7 Å². The highest BCUT2D eigenvalue weighted by molar-refractivity contribution is 5.78. The number of aliphatic hydroxyl groups is 1. The first kappa shape index (κ1) is 23.5. The number of carbonyl (C=O) groups is 1. The minimum absolute atomic E-state index is 0.0472. The molecule has 0 bridgehead atoms. The van der Waals surface area contributed by atoms with E-state index in [1.165, 1.54) is 6.07 Å². The smallest absolute Gasteiger partial charge is 0.236 e. The molecule has 182 valence electrons. The zero-order valence-corrected chi connectivity index (χ0v) is 19.6. The molecule has 35 heavy (non-hydrogen) atoms. The van der Waals surface area contributed by atoms with Crippen LogP contribution in [0.1, 0.15) is 41.7 Å². The van der Waals surface area contributed by atoms with Crippen molar-refractivity contribution in [3.63, 3.8) is 0 Å². The number of piperidine rings is 1. The predicted molar refractivity (Wildman–Crippen MR) is 130 cm³/mol. The highest BCUT2D eigenvalue weighted by Crippen LogP contribution is 2.33. The van der Waals surface area contributed by atoms with Gasteiger partial charge in [-0.2, -0.15) is 0 Å². The summed E-state index contributed by atoms with van der Waals surface area (Å²) in [5, 5.41) is 10.7. The zero-order valence-electron chi connectivity index (χ0n) is 19.6. The molecule has 1 N–H and O–H groups in total. The van der Waals surface area contributed by atoms with Crippen LogP contribution in [0.3, 0.4) is 0 Å². The molecule has 2 aromatic carbocycles. The van der Waals surface area contributed by atoms with Gasteiger partial charge in [-0.25, -0.2) is 4.39 Å². The molecule has 0 saturated carbocycles. The van der Waals surface area contributed by atoms with Crippen LogP contribution in [0.2, 0.25) is 0 Å². The molecule has 1 fully saturated rings. The van der Waals surface area contributed by atoms with Crippen molar-refractivity contribution >= 4 is 5.91 Å². The number of aromatic nitrogens is 1. The van der Waals surface area contributed by atoms with E-state index in [1.807, 2.05) is 46.2 Å². The Bertz CT molecular complexity index is 1150. The second-order valence-electron chi connectivity index (χ2n) is 9.35. The molecule has 3 heterocycles. The van der Waals surface area contributed by atoms with E-state index in [9.17, 15) is 14.3 Å². The molecule has 2 atom stereocenters. The lowest BCUT2D eigenvalue weighted by Gasteiger charge is -2.35. The first-order valence-electron chi connectivity index (χ1n) is 12.2. The molecule has 2 aliphatic rings. The summed E-state index contributed by atoms with van der Waals surface area (Å²) in [6.07, 6.45) is 3.81. The predicted octanol–water partition coefficient (Wildman–Crippen LogP) is 4.13. The Labute approximate surface area is 205 Å². The fraction of sp³-hybridized carbons (Fsp3) is 0.357. The Morgan fingerprint density at radius 2 is 1.86 bits per heavy atom. The van der Waals surface area contributed by atoms with Crippen LogP contribution in [0.25, 0.3) is 0 Å². The van der Waals surface area contributed by atoms with Crippen molar-refractivity contribution in [2.45, 2.75) is 31.6 Å². The van der Waals surface area contributed by atoms with Crippen molar-refractivity contribution in [3.05, 3.63) is 95.6 Å². The van der Waals surface area contributed by atoms with E-state index in [4.69, 9.17) is 4.74 Å². The number of halogens is 1. The van der Waals surface area contributed by atoms with Crippen molar-refractivity contribution < 1.29 is 19.0 Å². The van der Waals surface area contributed by atoms with Gasteiger partial charge in [-0.05, 0) is 42.5 Å². The van der Waals surface area contributed by atoms with Crippen molar-refractivity contribution in [3.8, 4) is 5.75 Å². The molecular weight excluding hydrogens is 445 g/mol. The molecule has 1 aromatic heterocycles. The van der Waals surface area contributed by atoms with Gasteiger partial charge in [0.2, 0.25) is 5.91 Å². The summed E-state index contributed by atoms with van der Waals surface area (Å²) in [5.74, 6) is 0.566. The van der Waals surface area contributed by atoms with E-state index in [2.05, 4.69) is 4.98 Å². The van der Waals surface area contributed by atoms with Crippen LogP contribution in [0.4, 0.5) is 4.39 Å². The highest BCUT2D eigenvalue weighted by Gasteiger charge is 2.31. The van der Waals surface area contributed by atoms with E-state index in [0.29, 0.717) is 31.7 Å². The summed E-state index contributed by atoms with van der Waals surface area (Å²) < 4.78 is 20.8. The van der Waals surface area contributed by atoms with Crippen molar-refractivity contribution in [1.82, 2.24) is 14.8 Å². The van der Waals surface area contributed by atoms with E-state index in [1.54, 1.807) is 30.6 Å². The van der Waals surface area contributed by atoms with Crippen LogP contribution < -0.4 is 4.74 Å². The lowest BCUT2D eigenvalue weighted by molar-refractivity contribution is -0.134. The lowest BCUT2D eigenvalue weighted by Crippen LogP contribution is -2.45. The molecule has 1 amide bonds. The van der Waals surface area contributed by atoms with E-state index in [0.717, 1.165) is 29.7 Å². The van der Waals surface area contributed by atoms with Gasteiger partial charge in [0.25, 0.3) is 0 Å². The number of fused-ring (bicyclic) bond motifs is 1. The molecule has 2 aliphatic heterocycles. The molecule has 0 spiro atoms. The average molecular weight is 476 g/mol. The number of para-hydroxylation sites is 1. The van der Waals surface area contributed by atoms with Gasteiger partial charge in [-0.1, -0.05) is 42.5 Å². The lowest BCUT2D eigenvalue weighted by atomic mass is 9.88. The molecule has 3 aromatic rings. The number of aliphatic hydroxyl groups excluding tert-OH is 1. The Hall–Kier alpha value is -3.29. The van der Waals surface area contributed by atoms with Crippen LogP contribution in [0, 0.1) is 11.7 Å². The number of amides is 1. The van der Waals surface area contributed by atoms with Crippen LogP contribution in [0.15, 0.2) is 73.1 Å². The van der Waals surface area contributed by atoms with E-state index in [-0.39, 0.29) is 24.2 Å². The summed E-state index contributed by atoms with van der Waals surface area (Å²) in [5.41, 5.74) is 2.30. The fourth-order valence-electron chi connectivity index (χ4n) is 5.08. The van der Waals surface area contributed by atoms with E-state index < -0.39 is 12.2 Å². The highest BCUT2D eigenvalue weighted by atomic mass is 19.1. The van der Waals surface area contributed by atoms with Crippen LogP contribution >= 0.6 is 0 Å². The standard InChI is InChI=1S/C28H30FN3O3/c29-24-9-3-2-8-23(24)26-18-31(17-22-6-1-4-10-25(22)35-26)19-27(33)32-14-11-20(12-15-32)28(34)21-7-5-13-30-16-21/h1-10,13,16,20,26,28,34H,11-12,14-15,17-19H2/t26-,28+/m1/s1. The van der Waals surface area contributed by atoms with Crippen LogP contribution in [-0.2, 0) is 11.3 Å². The van der Waals surface area contributed by atoms with Crippen LogP contribution in [-0.4, -0.2) is 52.0 Å². The Kier molecular flexibility index (Phi) is 7.06. The second-order valence-corrected chi connectivity index (χ2v) is 9.35. The number of benzene rings is 2. The van der Waals surface area contributed by atoms with E-state index >= 15 is 0 Å². The second kappa shape index (κ2) is 10.5. The molecular formula is C28H30FN3O3. The van der Waals surface area contributed by atoms with Gasteiger partial charge in [0, 0.05) is 49.7 Å². The molecule has 0 aliphatic carbocycles. The largest absolute Gasteiger partial charge is 0.484 e. The number of likely N-dealkylation sites (tertiary alicyclic amines) is 1. The van der Waals surface area contributed by atoms with Gasteiger partial charge < -0.3 is 14.7 Å². The molecule has 5 rings (SSSR count). The quantitative estimate of drug-likeness (QED) is 0.601. The van der Waals surface area contributed by atoms with Crippen LogP contribution in [0.5, 0.6) is 5.75 Å². The molecule has 7 heteroatoms. The summed E-state index contributed by atoms with van der Waals surface area (Å²) in [6, 6.07) is 18.1. The normalized spacial score (nSPS) is 19.9. The average Bonchev–Trinajstić information content (AvgIpc) is 3.08. The van der Waals surface area contributed by atoms with Gasteiger partial charge in [0.05, 0.1) is 12.6 Å². The minimum Gasteiger partial charge on any atom is -0.484 e. The summed E-state index contributed by atoms with van der Waals surface area (Å²) >= 11 is 0. The molecule has 0 unspecified atom stereocenters. The minimum atomic E-state index is -0.568. The van der Waals surface area contributed by atoms with Gasteiger partial charge in [0.15, 0.2) is 0 Å². The SMILES string of the molecule is O=C(CN1Cc2ccccc2O[C@@H](c2ccccc2F)C1)N1CCC([C@H](O)c2cccnc2)CC1. The van der Waals surface area contributed by atoms with Gasteiger partial charge in [-0.15, -0.1) is 0 Å². The Morgan fingerprint density at radius 1 is 1.09 bits per heavy atom. The molecule has 6 nitrogen and oxygen atoms in total. The summed E-state index contributed by atoms with van der Waals surface area (Å²) in [6.45, 7) is 2.43. The number of hydrogen-bond acceptors (Lipinski definition) is 5. The molecule has 1 saturated heterocycles. The summed E-state index contributed by atoms with van der Waals surface area (Å²) in [7, 11) is 0. The van der Waals surface area contributed by atoms with Gasteiger partial charge in [0.1, 0.15) is 17.7 Å². The number of rotatable bonds is 5. The van der Waals surface area contributed by atoms with Crippen molar-refractivity contribution in [1.29, 1.82) is 0 Å². The molecule has 0 radical (unpaired) electrons. The number of carbonyl (C=O) groups excluding carboxylic acids is 1. The third-order valence-electron chi connectivity index (χ3n) is 7.04. The summed E-state index contributed by atoms with van der Waals surface area (Å²) in [4.78, 5) is 21.3. The zero-order chi connectivity index (χ0) is 24.2. The topological polar surface area (TPSA) is 65.9 Å². The number of pyridine rings is 1.